The number of nitrogens with one attached hydrogen (secondary N) is 2. The van der Waals surface area contributed by atoms with Gasteiger partial charge in [-0.1, -0.05) is 23.2 Å². The van der Waals surface area contributed by atoms with E-state index in [0.717, 1.165) is 26.0 Å². The lowest BCUT2D eigenvalue weighted by Crippen LogP contribution is -2.43. The van der Waals surface area contributed by atoms with Crippen LogP contribution in [0.3, 0.4) is 0 Å². The molecule has 10 nitrogen and oxygen atoms in total. The van der Waals surface area contributed by atoms with Gasteiger partial charge in [-0.15, -0.1) is 0 Å². The van der Waals surface area contributed by atoms with Gasteiger partial charge in [0.05, 0.1) is 29.8 Å². The van der Waals surface area contributed by atoms with Crippen molar-refractivity contribution in [2.45, 2.75) is 45.1 Å². The Hall–Kier alpha value is -2.69. The fraction of sp³-hybridized carbons (Fsp3) is 0.560. The van der Waals surface area contributed by atoms with Crippen molar-refractivity contribution in [1.29, 1.82) is 0 Å². The molecule has 0 saturated carbocycles. The van der Waals surface area contributed by atoms with Crippen molar-refractivity contribution in [3.8, 4) is 11.3 Å². The maximum absolute atomic E-state index is 12.9. The van der Waals surface area contributed by atoms with Crippen molar-refractivity contribution in [3.63, 3.8) is 0 Å². The number of hydrogen-bond acceptors (Lipinski definition) is 8. The maximum atomic E-state index is 12.9. The van der Waals surface area contributed by atoms with Crippen LogP contribution in [-0.2, 0) is 14.3 Å². The van der Waals surface area contributed by atoms with Crippen molar-refractivity contribution < 1.29 is 19.1 Å². The molecule has 0 spiro atoms. The summed E-state index contributed by atoms with van der Waals surface area (Å²) >= 11 is 12.8. The third-order valence-electron chi connectivity index (χ3n) is 6.69. The molecule has 200 valence electrons. The molecule has 2 fully saturated rings. The number of likely N-dealkylation sites (tertiary alicyclic amines) is 1. The molecule has 2 aliphatic rings. The first kappa shape index (κ1) is 27.3. The molecule has 2 aromatic heterocycles. The predicted molar refractivity (Wildman–Crippen MR) is 142 cm³/mol. The number of carbonyl (C=O) groups is 2. The molecule has 2 unspecified atom stereocenters. The van der Waals surface area contributed by atoms with E-state index in [0.29, 0.717) is 53.2 Å². The third-order valence-corrected chi connectivity index (χ3v) is 7.26. The van der Waals surface area contributed by atoms with Crippen LogP contribution < -0.4 is 10.6 Å². The normalized spacial score (nSPS) is 21.3. The van der Waals surface area contributed by atoms with E-state index in [-0.39, 0.29) is 29.1 Å². The number of nitrogens with zero attached hydrogens (tertiary/aromatic N) is 4. The molecular weight excluding hydrogens is 519 g/mol. The van der Waals surface area contributed by atoms with Gasteiger partial charge in [0.15, 0.2) is 5.15 Å². The lowest BCUT2D eigenvalue weighted by molar-refractivity contribution is -0.121. The highest BCUT2D eigenvalue weighted by Gasteiger charge is 2.30. The summed E-state index contributed by atoms with van der Waals surface area (Å²) in [5.74, 6) is 0.722. The number of hydrogen-bond donors (Lipinski definition) is 2. The van der Waals surface area contributed by atoms with E-state index in [1.807, 2.05) is 0 Å². The molecule has 0 aromatic carbocycles. The first-order chi connectivity index (χ1) is 17.6. The van der Waals surface area contributed by atoms with E-state index >= 15 is 0 Å². The quantitative estimate of drug-likeness (QED) is 0.522. The minimum atomic E-state index is -0.438. The van der Waals surface area contributed by atoms with Gasteiger partial charge in [-0.05, 0) is 51.5 Å². The summed E-state index contributed by atoms with van der Waals surface area (Å²) in [5, 5.41) is 6.70. The van der Waals surface area contributed by atoms with E-state index in [9.17, 15) is 9.59 Å². The number of carbonyl (C=O) groups excluding carboxylic acids is 2. The lowest BCUT2D eigenvalue weighted by atomic mass is 9.88. The average molecular weight is 551 g/mol. The van der Waals surface area contributed by atoms with Gasteiger partial charge in [-0.2, -0.15) is 0 Å². The number of ether oxygens (including phenoxy) is 2. The summed E-state index contributed by atoms with van der Waals surface area (Å²) in [6, 6.07) is 1.63. The first-order valence-electron chi connectivity index (χ1n) is 12.3. The topological polar surface area (TPSA) is 119 Å². The molecule has 12 heteroatoms. The van der Waals surface area contributed by atoms with Crippen molar-refractivity contribution in [3.05, 3.63) is 28.6 Å². The maximum Gasteiger partial charge on any atom is 0.409 e. The van der Waals surface area contributed by atoms with E-state index in [4.69, 9.17) is 32.7 Å². The lowest BCUT2D eigenvalue weighted by Gasteiger charge is -2.35. The Morgan fingerprint density at radius 1 is 1.22 bits per heavy atom. The zero-order chi connectivity index (χ0) is 26.6. The second-order valence-corrected chi connectivity index (χ2v) is 10.8. The molecule has 0 radical (unpaired) electrons. The number of aromatic nitrogens is 3. The summed E-state index contributed by atoms with van der Waals surface area (Å²) in [4.78, 5) is 39.5. The molecule has 2 atom stereocenters. The summed E-state index contributed by atoms with van der Waals surface area (Å²) in [6.45, 7) is 6.52. The molecule has 0 bridgehead atoms. The summed E-state index contributed by atoms with van der Waals surface area (Å²) in [5.41, 5.74) is 0.749. The number of pyridine rings is 1. The number of halogens is 2. The van der Waals surface area contributed by atoms with Crippen LogP contribution in [0.1, 0.15) is 39.5 Å². The van der Waals surface area contributed by atoms with E-state index in [2.05, 4.69) is 39.4 Å². The highest BCUT2D eigenvalue weighted by atomic mass is 35.5. The predicted octanol–water partition coefficient (Wildman–Crippen LogP) is 4.88. The zero-order valence-corrected chi connectivity index (χ0v) is 22.7. The molecule has 37 heavy (non-hydrogen) atoms. The highest BCUT2D eigenvalue weighted by Crippen LogP contribution is 2.33. The molecular formula is C25H32Cl2N6O4. The van der Waals surface area contributed by atoms with Gasteiger partial charge in [0.1, 0.15) is 17.3 Å². The van der Waals surface area contributed by atoms with Gasteiger partial charge in [0.25, 0.3) is 0 Å². The van der Waals surface area contributed by atoms with Crippen LogP contribution in [0, 0.1) is 11.8 Å². The molecule has 2 saturated heterocycles. The van der Waals surface area contributed by atoms with Crippen LogP contribution in [0.2, 0.25) is 10.2 Å². The van der Waals surface area contributed by atoms with Gasteiger partial charge in [-0.3, -0.25) is 4.79 Å². The Labute approximate surface area is 226 Å². The van der Waals surface area contributed by atoms with Gasteiger partial charge in [-0.25, -0.2) is 19.7 Å². The second-order valence-electron chi connectivity index (χ2n) is 10.0. The number of rotatable bonds is 6. The fourth-order valence-electron chi connectivity index (χ4n) is 4.82. The number of piperidine rings is 1. The summed E-state index contributed by atoms with van der Waals surface area (Å²) in [6.07, 6.45) is 5.89. The van der Waals surface area contributed by atoms with Crippen LogP contribution in [0.4, 0.5) is 16.4 Å². The van der Waals surface area contributed by atoms with Crippen LogP contribution >= 0.6 is 23.2 Å². The SMILES string of the molecule is COC(=O)N1CCCC(C(=O)Nc2cc(-c3nc(NCC4CCOC(C)(C)C4)cnc3Cl)c(Cl)cn2)C1. The Morgan fingerprint density at radius 2 is 2.03 bits per heavy atom. The largest absolute Gasteiger partial charge is 0.453 e. The molecule has 4 heterocycles. The minimum absolute atomic E-state index is 0.137. The van der Waals surface area contributed by atoms with Crippen molar-refractivity contribution in [2.24, 2.45) is 11.8 Å². The van der Waals surface area contributed by atoms with Gasteiger partial charge < -0.3 is 25.0 Å². The number of amides is 2. The smallest absolute Gasteiger partial charge is 0.409 e. The first-order valence-corrected chi connectivity index (χ1v) is 13.1. The van der Waals surface area contributed by atoms with E-state index in [1.54, 1.807) is 12.3 Å². The zero-order valence-electron chi connectivity index (χ0n) is 21.2. The number of anilines is 2. The Balaban J connectivity index is 1.46. The van der Waals surface area contributed by atoms with Gasteiger partial charge >= 0.3 is 6.09 Å². The Morgan fingerprint density at radius 3 is 2.78 bits per heavy atom. The fourth-order valence-corrected chi connectivity index (χ4v) is 5.20. The molecule has 2 aromatic rings. The van der Waals surface area contributed by atoms with Gasteiger partial charge in [0.2, 0.25) is 5.91 Å². The van der Waals surface area contributed by atoms with Crippen molar-refractivity contribution in [1.82, 2.24) is 19.9 Å². The van der Waals surface area contributed by atoms with Crippen molar-refractivity contribution >= 4 is 46.8 Å². The summed E-state index contributed by atoms with van der Waals surface area (Å²) < 4.78 is 10.6. The van der Waals surface area contributed by atoms with Crippen LogP contribution in [-0.4, -0.2) is 70.8 Å². The second kappa shape index (κ2) is 11.8. The van der Waals surface area contributed by atoms with Crippen LogP contribution in [0.25, 0.3) is 11.3 Å². The van der Waals surface area contributed by atoms with Crippen LogP contribution in [0.5, 0.6) is 0 Å². The molecule has 2 aliphatic heterocycles. The van der Waals surface area contributed by atoms with E-state index < -0.39 is 6.09 Å². The Kier molecular flexibility index (Phi) is 8.71. The summed E-state index contributed by atoms with van der Waals surface area (Å²) in [7, 11) is 1.33. The molecule has 2 N–H and O–H groups in total. The Bertz CT molecular complexity index is 1150. The average Bonchev–Trinajstić information content (AvgIpc) is 2.88. The third kappa shape index (κ3) is 7.00. The standard InChI is InChI=1S/C25H32Cl2N6O4/c1-25(2)10-15(6-8-37-25)11-28-20-13-30-22(27)21(31-20)17-9-19(29-12-18(17)26)32-23(34)16-5-4-7-33(14-16)24(35)36-3/h9,12-13,15-16H,4-8,10-11,14H2,1-3H3,(H,28,31)(H,29,32,34). The number of methoxy groups -OCH3 is 1. The molecule has 2 amide bonds. The van der Waals surface area contributed by atoms with Gasteiger partial charge in [0, 0.05) is 38.0 Å². The van der Waals surface area contributed by atoms with Crippen molar-refractivity contribution in [2.75, 3.05) is 44.0 Å². The van der Waals surface area contributed by atoms with E-state index in [1.165, 1.54) is 18.2 Å². The van der Waals surface area contributed by atoms with Crippen LogP contribution in [0.15, 0.2) is 18.5 Å². The minimum Gasteiger partial charge on any atom is -0.453 e. The monoisotopic (exact) mass is 550 g/mol. The highest BCUT2D eigenvalue weighted by molar-refractivity contribution is 6.35. The molecule has 0 aliphatic carbocycles. The molecule has 4 rings (SSSR count).